The molecule has 0 aliphatic carbocycles. The summed E-state index contributed by atoms with van der Waals surface area (Å²) in [6.45, 7) is 2.88. The number of carboxylic acids is 1. The van der Waals surface area contributed by atoms with Crippen LogP contribution >= 0.6 is 15.9 Å². The van der Waals surface area contributed by atoms with Crippen LogP contribution in [0.5, 0.6) is 0 Å². The van der Waals surface area contributed by atoms with E-state index in [9.17, 15) is 4.79 Å². The maximum Gasteiger partial charge on any atom is 0.325 e. The highest BCUT2D eigenvalue weighted by Gasteiger charge is 2.41. The summed E-state index contributed by atoms with van der Waals surface area (Å²) in [6, 6.07) is 1.96. The number of aromatic nitrogens is 1. The lowest BCUT2D eigenvalue weighted by atomic mass is 10.0. The standard InChI is InChI=1S/C11H14BrN3O2/c1-7-4-8(12)5-14-9(7)15-3-2-11(13,6-15)10(16)17/h4-5H,2-3,6,13H2,1H3,(H,16,17). The number of carbonyl (C=O) groups is 1. The summed E-state index contributed by atoms with van der Waals surface area (Å²) in [5.41, 5.74) is 5.69. The Morgan fingerprint density at radius 2 is 2.41 bits per heavy atom. The molecule has 5 nitrogen and oxygen atoms in total. The molecule has 0 spiro atoms. The van der Waals surface area contributed by atoms with Crippen molar-refractivity contribution >= 4 is 27.7 Å². The molecule has 2 rings (SSSR count). The highest BCUT2D eigenvalue weighted by atomic mass is 79.9. The molecule has 1 aliphatic heterocycles. The molecule has 1 saturated heterocycles. The minimum absolute atomic E-state index is 0.303. The summed E-state index contributed by atoms with van der Waals surface area (Å²) in [6.07, 6.45) is 2.15. The first-order chi connectivity index (χ1) is 7.92. The molecule has 17 heavy (non-hydrogen) atoms. The lowest BCUT2D eigenvalue weighted by Gasteiger charge is -2.22. The van der Waals surface area contributed by atoms with Crippen LogP contribution in [-0.4, -0.2) is 34.7 Å². The molecule has 2 heterocycles. The Hall–Kier alpha value is -1.14. The van der Waals surface area contributed by atoms with Gasteiger partial charge >= 0.3 is 5.97 Å². The van der Waals surface area contributed by atoms with E-state index in [4.69, 9.17) is 10.8 Å². The van der Waals surface area contributed by atoms with Crippen LogP contribution < -0.4 is 10.6 Å². The zero-order valence-electron chi connectivity index (χ0n) is 9.48. The van der Waals surface area contributed by atoms with Crippen molar-refractivity contribution in [3.05, 3.63) is 22.3 Å². The Bertz CT molecular complexity index is 466. The second kappa shape index (κ2) is 4.27. The van der Waals surface area contributed by atoms with Crippen molar-refractivity contribution in [2.24, 2.45) is 5.73 Å². The molecule has 1 fully saturated rings. The monoisotopic (exact) mass is 299 g/mol. The summed E-state index contributed by atoms with van der Waals surface area (Å²) in [7, 11) is 0. The average molecular weight is 300 g/mol. The van der Waals surface area contributed by atoms with Crippen molar-refractivity contribution in [3.63, 3.8) is 0 Å². The van der Waals surface area contributed by atoms with E-state index in [1.54, 1.807) is 6.20 Å². The van der Waals surface area contributed by atoms with Crippen LogP contribution in [-0.2, 0) is 4.79 Å². The van der Waals surface area contributed by atoms with Crippen LogP contribution in [0.2, 0.25) is 0 Å². The number of rotatable bonds is 2. The zero-order chi connectivity index (χ0) is 12.6. The topological polar surface area (TPSA) is 79.5 Å². The van der Waals surface area contributed by atoms with Gasteiger partial charge < -0.3 is 15.7 Å². The molecule has 0 saturated carbocycles. The predicted octanol–water partition coefficient (Wildman–Crippen LogP) is 1.14. The fraction of sp³-hybridized carbons (Fsp3) is 0.455. The molecular weight excluding hydrogens is 286 g/mol. The minimum Gasteiger partial charge on any atom is -0.480 e. The quantitative estimate of drug-likeness (QED) is 0.856. The molecule has 92 valence electrons. The number of halogens is 1. The Morgan fingerprint density at radius 1 is 1.71 bits per heavy atom. The molecule has 0 amide bonds. The van der Waals surface area contributed by atoms with E-state index in [1.165, 1.54) is 0 Å². The number of hydrogen-bond acceptors (Lipinski definition) is 4. The van der Waals surface area contributed by atoms with Gasteiger partial charge in [0.2, 0.25) is 0 Å². The molecule has 0 radical (unpaired) electrons. The normalized spacial score (nSPS) is 24.1. The molecule has 1 aromatic heterocycles. The number of carboxylic acid groups (broad SMARTS) is 1. The highest BCUT2D eigenvalue weighted by molar-refractivity contribution is 9.10. The summed E-state index contributed by atoms with van der Waals surface area (Å²) < 4.78 is 0.912. The van der Waals surface area contributed by atoms with Crippen molar-refractivity contribution in [1.82, 2.24) is 4.98 Å². The fourth-order valence-corrected chi connectivity index (χ4v) is 2.50. The Morgan fingerprint density at radius 3 is 2.94 bits per heavy atom. The van der Waals surface area contributed by atoms with Crippen molar-refractivity contribution < 1.29 is 9.90 Å². The molecule has 1 aromatic rings. The van der Waals surface area contributed by atoms with Gasteiger partial charge in [-0.2, -0.15) is 0 Å². The number of nitrogens with two attached hydrogens (primary N) is 1. The van der Waals surface area contributed by atoms with Crippen molar-refractivity contribution in [1.29, 1.82) is 0 Å². The van der Waals surface area contributed by atoms with E-state index in [0.717, 1.165) is 15.9 Å². The third kappa shape index (κ3) is 2.28. The first kappa shape index (κ1) is 12.3. The van der Waals surface area contributed by atoms with Crippen LogP contribution in [0.15, 0.2) is 16.7 Å². The third-order valence-corrected chi connectivity index (χ3v) is 3.48. The van der Waals surface area contributed by atoms with Gasteiger partial charge in [-0.15, -0.1) is 0 Å². The van der Waals surface area contributed by atoms with Gasteiger partial charge in [0.1, 0.15) is 11.4 Å². The maximum absolute atomic E-state index is 11.1. The largest absolute Gasteiger partial charge is 0.480 e. The van der Waals surface area contributed by atoms with E-state index in [1.807, 2.05) is 17.9 Å². The van der Waals surface area contributed by atoms with E-state index < -0.39 is 11.5 Å². The predicted molar refractivity (Wildman–Crippen MR) is 68.1 cm³/mol. The maximum atomic E-state index is 11.1. The Labute approximate surface area is 108 Å². The molecule has 1 aliphatic rings. The molecular formula is C11H14BrN3O2. The van der Waals surface area contributed by atoms with Crippen LogP contribution in [0.1, 0.15) is 12.0 Å². The first-order valence-corrected chi connectivity index (χ1v) is 6.11. The lowest BCUT2D eigenvalue weighted by molar-refractivity contribution is -0.142. The average Bonchev–Trinajstić information content (AvgIpc) is 2.62. The van der Waals surface area contributed by atoms with Crippen LogP contribution in [0, 0.1) is 6.92 Å². The van der Waals surface area contributed by atoms with Crippen molar-refractivity contribution in [2.75, 3.05) is 18.0 Å². The summed E-state index contributed by atoms with van der Waals surface area (Å²) in [4.78, 5) is 17.3. The number of anilines is 1. The second-order valence-corrected chi connectivity index (χ2v) is 5.34. The zero-order valence-corrected chi connectivity index (χ0v) is 11.1. The molecule has 3 N–H and O–H groups in total. The SMILES string of the molecule is Cc1cc(Br)cnc1N1CCC(N)(C(=O)O)C1. The summed E-state index contributed by atoms with van der Waals surface area (Å²) in [5.74, 6) is -0.142. The second-order valence-electron chi connectivity index (χ2n) is 4.43. The fourth-order valence-electron chi connectivity index (χ4n) is 2.05. The van der Waals surface area contributed by atoms with E-state index in [-0.39, 0.29) is 0 Å². The minimum atomic E-state index is -1.15. The van der Waals surface area contributed by atoms with Crippen molar-refractivity contribution in [3.8, 4) is 0 Å². The van der Waals surface area contributed by atoms with E-state index in [0.29, 0.717) is 19.5 Å². The summed E-state index contributed by atoms with van der Waals surface area (Å²) >= 11 is 3.35. The van der Waals surface area contributed by atoms with Crippen LogP contribution in [0.4, 0.5) is 5.82 Å². The number of hydrogen-bond donors (Lipinski definition) is 2. The number of aliphatic carboxylic acids is 1. The molecule has 0 aromatic carbocycles. The van der Waals surface area contributed by atoms with Gasteiger partial charge in [0, 0.05) is 23.8 Å². The molecule has 0 bridgehead atoms. The Kier molecular flexibility index (Phi) is 3.09. The lowest BCUT2D eigenvalue weighted by Crippen LogP contribution is -2.50. The van der Waals surface area contributed by atoms with E-state index in [2.05, 4.69) is 20.9 Å². The van der Waals surface area contributed by atoms with Gasteiger partial charge in [-0.3, -0.25) is 4.79 Å². The van der Waals surface area contributed by atoms with E-state index >= 15 is 0 Å². The van der Waals surface area contributed by atoms with Crippen LogP contribution in [0.3, 0.4) is 0 Å². The van der Waals surface area contributed by atoms with Gasteiger partial charge in [0.15, 0.2) is 0 Å². The number of aryl methyl sites for hydroxylation is 1. The molecule has 1 atom stereocenters. The van der Waals surface area contributed by atoms with Gasteiger partial charge in [-0.05, 0) is 40.9 Å². The van der Waals surface area contributed by atoms with Gasteiger partial charge in [0.05, 0.1) is 0 Å². The smallest absolute Gasteiger partial charge is 0.325 e. The Balaban J connectivity index is 2.24. The van der Waals surface area contributed by atoms with Gasteiger partial charge in [-0.25, -0.2) is 4.98 Å². The highest BCUT2D eigenvalue weighted by Crippen LogP contribution is 2.27. The van der Waals surface area contributed by atoms with Gasteiger partial charge in [0.25, 0.3) is 0 Å². The summed E-state index contributed by atoms with van der Waals surface area (Å²) in [5, 5.41) is 9.07. The van der Waals surface area contributed by atoms with Gasteiger partial charge in [-0.1, -0.05) is 0 Å². The third-order valence-electron chi connectivity index (χ3n) is 3.04. The number of nitrogens with zero attached hydrogens (tertiary/aromatic N) is 2. The molecule has 6 heteroatoms. The molecule has 1 unspecified atom stereocenters. The van der Waals surface area contributed by atoms with Crippen LogP contribution in [0.25, 0.3) is 0 Å². The first-order valence-electron chi connectivity index (χ1n) is 5.32. The number of pyridine rings is 1. The van der Waals surface area contributed by atoms with Crippen molar-refractivity contribution in [2.45, 2.75) is 18.9 Å².